The SMILES string of the molecule is CCCCCCPC(=O)Nc1ccc(OC)cc1. The molecule has 1 aromatic carbocycles. The molecule has 0 bridgehead atoms. The van der Waals surface area contributed by atoms with E-state index in [0.29, 0.717) is 8.58 Å². The van der Waals surface area contributed by atoms with Crippen LogP contribution in [0.1, 0.15) is 32.6 Å². The first-order valence-electron chi connectivity index (χ1n) is 6.45. The molecule has 1 aromatic rings. The molecule has 4 heteroatoms. The van der Waals surface area contributed by atoms with Crippen LogP contribution in [0.25, 0.3) is 0 Å². The summed E-state index contributed by atoms with van der Waals surface area (Å²) in [6.45, 7) is 2.19. The molecule has 1 amide bonds. The van der Waals surface area contributed by atoms with Gasteiger partial charge in [0, 0.05) is 5.69 Å². The van der Waals surface area contributed by atoms with Crippen molar-refractivity contribution in [1.82, 2.24) is 0 Å². The van der Waals surface area contributed by atoms with Gasteiger partial charge in [-0.3, -0.25) is 4.79 Å². The van der Waals surface area contributed by atoms with Crippen LogP contribution in [0.15, 0.2) is 24.3 Å². The van der Waals surface area contributed by atoms with E-state index in [2.05, 4.69) is 12.2 Å². The van der Waals surface area contributed by atoms with Crippen LogP contribution in [-0.4, -0.2) is 18.9 Å². The molecule has 0 saturated carbocycles. The smallest absolute Gasteiger partial charge is 0.242 e. The third kappa shape index (κ3) is 6.02. The lowest BCUT2D eigenvalue weighted by Gasteiger charge is -2.06. The number of carbonyl (C=O) groups excluding carboxylic acids is 1. The fourth-order valence-electron chi connectivity index (χ4n) is 1.60. The summed E-state index contributed by atoms with van der Waals surface area (Å²) in [4.78, 5) is 11.7. The molecule has 0 radical (unpaired) electrons. The highest BCUT2D eigenvalue weighted by Crippen LogP contribution is 2.20. The monoisotopic (exact) mass is 267 g/mol. The number of ether oxygens (including phenoxy) is 1. The van der Waals surface area contributed by atoms with Gasteiger partial charge in [-0.25, -0.2) is 0 Å². The molecule has 0 heterocycles. The maximum absolute atomic E-state index is 11.7. The van der Waals surface area contributed by atoms with Crippen LogP contribution >= 0.6 is 8.58 Å². The minimum absolute atomic E-state index is 0.122. The number of benzene rings is 1. The van der Waals surface area contributed by atoms with Crippen LogP contribution in [0.3, 0.4) is 0 Å². The quantitative estimate of drug-likeness (QED) is 0.557. The normalized spacial score (nSPS) is 10.8. The molecular weight excluding hydrogens is 245 g/mol. The van der Waals surface area contributed by atoms with Gasteiger partial charge in [0.15, 0.2) is 0 Å². The Labute approximate surface area is 111 Å². The number of methoxy groups -OCH3 is 1. The fraction of sp³-hybridized carbons (Fsp3) is 0.500. The zero-order valence-corrected chi connectivity index (χ0v) is 12.2. The van der Waals surface area contributed by atoms with Crippen LogP contribution < -0.4 is 10.1 Å². The van der Waals surface area contributed by atoms with Crippen molar-refractivity contribution in [2.24, 2.45) is 0 Å². The fourth-order valence-corrected chi connectivity index (χ4v) is 2.49. The lowest BCUT2D eigenvalue weighted by Crippen LogP contribution is -2.03. The number of hydrogen-bond acceptors (Lipinski definition) is 2. The van der Waals surface area contributed by atoms with Crippen LogP contribution in [-0.2, 0) is 0 Å². The van der Waals surface area contributed by atoms with Gasteiger partial charge < -0.3 is 10.1 Å². The predicted octanol–water partition coefficient (Wildman–Crippen LogP) is 4.49. The molecule has 3 nitrogen and oxygen atoms in total. The summed E-state index contributed by atoms with van der Waals surface area (Å²) < 4.78 is 5.07. The van der Waals surface area contributed by atoms with Crippen molar-refractivity contribution in [3.05, 3.63) is 24.3 Å². The zero-order valence-electron chi connectivity index (χ0n) is 11.2. The largest absolute Gasteiger partial charge is 0.497 e. The molecule has 1 rings (SSSR count). The molecule has 18 heavy (non-hydrogen) atoms. The van der Waals surface area contributed by atoms with E-state index in [4.69, 9.17) is 4.74 Å². The Kier molecular flexibility index (Phi) is 7.43. The molecule has 0 aliphatic rings. The Morgan fingerprint density at radius 1 is 1.22 bits per heavy atom. The number of amides is 1. The van der Waals surface area contributed by atoms with Crippen LogP contribution in [0.5, 0.6) is 5.75 Å². The van der Waals surface area contributed by atoms with Gasteiger partial charge in [0.1, 0.15) is 5.75 Å². The molecule has 0 saturated heterocycles. The van der Waals surface area contributed by atoms with Crippen LogP contribution in [0.4, 0.5) is 10.5 Å². The highest BCUT2D eigenvalue weighted by atomic mass is 31.1. The summed E-state index contributed by atoms with van der Waals surface area (Å²) in [5.41, 5.74) is 0.957. The Hall–Kier alpha value is -1.08. The van der Waals surface area contributed by atoms with Crippen molar-refractivity contribution in [2.45, 2.75) is 32.6 Å². The Morgan fingerprint density at radius 2 is 1.94 bits per heavy atom. The van der Waals surface area contributed by atoms with Gasteiger partial charge in [-0.2, -0.15) is 0 Å². The Balaban J connectivity index is 2.22. The molecular formula is C14H22NO2P. The van der Waals surface area contributed by atoms with E-state index in [-0.39, 0.29) is 5.65 Å². The zero-order chi connectivity index (χ0) is 13.2. The highest BCUT2D eigenvalue weighted by molar-refractivity contribution is 7.58. The average molecular weight is 267 g/mol. The number of unbranched alkanes of at least 4 members (excludes halogenated alkanes) is 3. The number of rotatable bonds is 8. The van der Waals surface area contributed by atoms with Crippen molar-refractivity contribution >= 4 is 19.9 Å². The number of hydrogen-bond donors (Lipinski definition) is 1. The summed E-state index contributed by atoms with van der Waals surface area (Å²) in [5, 5.41) is 2.90. The number of nitrogens with one attached hydrogen (secondary N) is 1. The average Bonchev–Trinajstić information content (AvgIpc) is 2.39. The second kappa shape index (κ2) is 8.93. The van der Waals surface area contributed by atoms with Crippen LogP contribution in [0, 0.1) is 0 Å². The molecule has 0 aliphatic heterocycles. The second-order valence-corrected chi connectivity index (χ2v) is 5.48. The summed E-state index contributed by atoms with van der Waals surface area (Å²) in [5.74, 6) is 0.801. The Bertz CT molecular complexity index is 351. The van der Waals surface area contributed by atoms with E-state index >= 15 is 0 Å². The number of carbonyl (C=O) groups is 1. The van der Waals surface area contributed by atoms with Crippen molar-refractivity contribution in [2.75, 3.05) is 18.6 Å². The molecule has 1 unspecified atom stereocenters. The minimum Gasteiger partial charge on any atom is -0.497 e. The molecule has 1 atom stereocenters. The van der Waals surface area contributed by atoms with E-state index < -0.39 is 0 Å². The van der Waals surface area contributed by atoms with Gasteiger partial charge in [0.25, 0.3) is 0 Å². The first-order chi connectivity index (χ1) is 8.76. The maximum atomic E-state index is 11.7. The third-order valence-electron chi connectivity index (χ3n) is 2.66. The summed E-state index contributed by atoms with van der Waals surface area (Å²) >= 11 is 0. The predicted molar refractivity (Wildman–Crippen MR) is 79.3 cm³/mol. The molecule has 0 aromatic heterocycles. The van der Waals surface area contributed by atoms with Crippen molar-refractivity contribution in [1.29, 1.82) is 0 Å². The molecule has 1 N–H and O–H groups in total. The van der Waals surface area contributed by atoms with E-state index in [1.54, 1.807) is 7.11 Å². The van der Waals surface area contributed by atoms with Gasteiger partial charge in [0.05, 0.1) is 7.11 Å². The summed E-state index contributed by atoms with van der Waals surface area (Å²) in [7, 11) is 1.99. The van der Waals surface area contributed by atoms with Crippen LogP contribution in [0.2, 0.25) is 0 Å². The molecule has 0 aliphatic carbocycles. The molecule has 100 valence electrons. The van der Waals surface area contributed by atoms with Gasteiger partial charge in [-0.05, 0) is 45.4 Å². The first kappa shape index (κ1) is 15.0. The highest BCUT2D eigenvalue weighted by Gasteiger charge is 2.02. The standard InChI is InChI=1S/C14H22NO2P/c1-3-4-5-6-11-18-14(16)15-12-7-9-13(17-2)10-8-12/h7-10,18H,3-6,11H2,1-2H3,(H,15,16). The lowest BCUT2D eigenvalue weighted by molar-refractivity contribution is 0.269. The Morgan fingerprint density at radius 3 is 2.56 bits per heavy atom. The second-order valence-electron chi connectivity index (χ2n) is 4.17. The van der Waals surface area contributed by atoms with Crippen molar-refractivity contribution < 1.29 is 9.53 Å². The summed E-state index contributed by atoms with van der Waals surface area (Å²) in [6.07, 6.45) is 5.90. The topological polar surface area (TPSA) is 38.3 Å². The lowest BCUT2D eigenvalue weighted by atomic mass is 10.2. The number of anilines is 1. The molecule has 0 spiro atoms. The minimum atomic E-state index is 0.122. The van der Waals surface area contributed by atoms with E-state index in [0.717, 1.165) is 24.0 Å². The van der Waals surface area contributed by atoms with Gasteiger partial charge in [0.2, 0.25) is 5.65 Å². The van der Waals surface area contributed by atoms with E-state index in [9.17, 15) is 4.79 Å². The van der Waals surface area contributed by atoms with Gasteiger partial charge in [-0.15, -0.1) is 0 Å². The van der Waals surface area contributed by atoms with E-state index in [1.807, 2.05) is 24.3 Å². The molecule has 0 fully saturated rings. The van der Waals surface area contributed by atoms with Gasteiger partial charge in [-0.1, -0.05) is 26.2 Å². The third-order valence-corrected chi connectivity index (χ3v) is 3.71. The summed E-state index contributed by atoms with van der Waals surface area (Å²) in [6, 6.07) is 7.41. The van der Waals surface area contributed by atoms with E-state index in [1.165, 1.54) is 19.3 Å². The maximum Gasteiger partial charge on any atom is 0.242 e. The van der Waals surface area contributed by atoms with Crippen molar-refractivity contribution in [3.8, 4) is 5.75 Å². The van der Waals surface area contributed by atoms with Crippen molar-refractivity contribution in [3.63, 3.8) is 0 Å². The van der Waals surface area contributed by atoms with Gasteiger partial charge >= 0.3 is 0 Å². The first-order valence-corrected chi connectivity index (χ1v) is 7.66.